The van der Waals surface area contributed by atoms with E-state index < -0.39 is 29.6 Å². The fourth-order valence-corrected chi connectivity index (χ4v) is 3.18. The normalized spacial score (nSPS) is 31.8. The van der Waals surface area contributed by atoms with Crippen molar-refractivity contribution >= 4 is 17.8 Å². The van der Waals surface area contributed by atoms with Crippen LogP contribution in [0.3, 0.4) is 0 Å². The van der Waals surface area contributed by atoms with E-state index in [1.54, 1.807) is 32.2 Å². The average Bonchev–Trinajstić information content (AvgIpc) is 3.11. The van der Waals surface area contributed by atoms with E-state index >= 15 is 0 Å². The van der Waals surface area contributed by atoms with Gasteiger partial charge < -0.3 is 14.6 Å². The third kappa shape index (κ3) is 2.89. The lowest BCUT2D eigenvalue weighted by atomic mass is 9.85. The molecule has 1 aromatic heterocycles. The van der Waals surface area contributed by atoms with Crippen molar-refractivity contribution in [2.45, 2.75) is 51.9 Å². The Kier molecular flexibility index (Phi) is 4.28. The van der Waals surface area contributed by atoms with Gasteiger partial charge in [0, 0.05) is 17.3 Å². The first-order chi connectivity index (χ1) is 11.8. The molecule has 1 aromatic rings. The second-order valence-electron chi connectivity index (χ2n) is 6.73. The lowest BCUT2D eigenvalue weighted by Gasteiger charge is -2.29. The van der Waals surface area contributed by atoms with Crippen LogP contribution in [0.4, 0.5) is 0 Å². The van der Waals surface area contributed by atoms with E-state index in [0.717, 1.165) is 0 Å². The number of aliphatic hydroxyl groups is 1. The van der Waals surface area contributed by atoms with Crippen molar-refractivity contribution in [3.05, 3.63) is 35.2 Å². The molecule has 2 aliphatic rings. The number of hydrogen-bond acceptors (Lipinski definition) is 6. The van der Waals surface area contributed by atoms with Crippen LogP contribution in [0.1, 0.15) is 55.8 Å². The maximum Gasteiger partial charge on any atom is 0.338 e. The topological polar surface area (TPSA) is 94.8 Å². The Hall–Kier alpha value is -2.41. The van der Waals surface area contributed by atoms with Gasteiger partial charge >= 0.3 is 11.9 Å². The van der Waals surface area contributed by atoms with Crippen LogP contribution in [-0.2, 0) is 25.7 Å². The van der Waals surface area contributed by atoms with Crippen LogP contribution in [0.25, 0.3) is 0 Å². The number of hydrogen-bond donors (Lipinski definition) is 1. The maximum atomic E-state index is 12.5. The Morgan fingerprint density at radius 2 is 2.04 bits per heavy atom. The molecule has 0 unspecified atom stereocenters. The van der Waals surface area contributed by atoms with Crippen LogP contribution in [0.5, 0.6) is 0 Å². The van der Waals surface area contributed by atoms with Crippen LogP contribution < -0.4 is 0 Å². The van der Waals surface area contributed by atoms with Crippen LogP contribution >= 0.6 is 0 Å². The quantitative estimate of drug-likeness (QED) is 0.569. The molecule has 0 amide bonds. The molecule has 25 heavy (non-hydrogen) atoms. The molecule has 134 valence electrons. The molecule has 0 spiro atoms. The zero-order chi connectivity index (χ0) is 18.4. The lowest BCUT2D eigenvalue weighted by molar-refractivity contribution is -0.171. The van der Waals surface area contributed by atoms with Gasteiger partial charge in [-0.3, -0.25) is 9.36 Å². The summed E-state index contributed by atoms with van der Waals surface area (Å²) in [7, 11) is 0. The summed E-state index contributed by atoms with van der Waals surface area (Å²) < 4.78 is 12.2. The van der Waals surface area contributed by atoms with Gasteiger partial charge in [-0.15, -0.1) is 0 Å². The van der Waals surface area contributed by atoms with Gasteiger partial charge in [0.15, 0.2) is 11.7 Å². The molecule has 0 aliphatic carbocycles. The van der Waals surface area contributed by atoms with Crippen LogP contribution in [0, 0.1) is 5.92 Å². The smallest absolute Gasteiger partial charge is 0.338 e. The van der Waals surface area contributed by atoms with Gasteiger partial charge in [0.1, 0.15) is 6.61 Å². The first kappa shape index (κ1) is 17.4. The highest BCUT2D eigenvalue weighted by Gasteiger charge is 2.41. The lowest BCUT2D eigenvalue weighted by Crippen LogP contribution is -2.43. The Balaban J connectivity index is 2.03. The summed E-state index contributed by atoms with van der Waals surface area (Å²) >= 11 is 0. The van der Waals surface area contributed by atoms with Crippen molar-refractivity contribution in [2.24, 2.45) is 5.92 Å². The largest absolute Gasteiger partial charge is 0.459 e. The molecule has 3 heterocycles. The molecule has 0 saturated heterocycles. The van der Waals surface area contributed by atoms with Crippen LogP contribution in [0.2, 0.25) is 0 Å². The average molecular weight is 347 g/mol. The highest BCUT2D eigenvalue weighted by molar-refractivity contribution is 5.90. The highest BCUT2D eigenvalue weighted by Crippen LogP contribution is 2.36. The molecule has 0 fully saturated rings. The Morgan fingerprint density at radius 1 is 1.32 bits per heavy atom. The van der Waals surface area contributed by atoms with Crippen LogP contribution in [-0.4, -0.2) is 33.1 Å². The minimum atomic E-state index is -1.74. The summed E-state index contributed by atoms with van der Waals surface area (Å²) in [6.07, 6.45) is 2.70. The third-order valence-corrected chi connectivity index (χ3v) is 5.06. The van der Waals surface area contributed by atoms with Gasteiger partial charge in [-0.1, -0.05) is 13.0 Å². The first-order valence-electron chi connectivity index (χ1n) is 8.24. The summed E-state index contributed by atoms with van der Waals surface area (Å²) in [4.78, 5) is 37.0. The van der Waals surface area contributed by atoms with Crippen molar-refractivity contribution < 1.29 is 29.0 Å². The summed E-state index contributed by atoms with van der Waals surface area (Å²) in [6.45, 7) is 4.64. The predicted molar refractivity (Wildman–Crippen MR) is 86.5 cm³/mol. The van der Waals surface area contributed by atoms with E-state index in [-0.39, 0.29) is 25.4 Å². The van der Waals surface area contributed by atoms with E-state index in [1.807, 2.05) is 0 Å². The number of aromatic nitrogens is 1. The molecule has 7 nitrogen and oxygen atoms in total. The second kappa shape index (κ2) is 6.15. The number of carbonyl (C=O) groups excluding carboxylic acids is 3. The number of nitrogens with zero attached hydrogens (tertiary/aromatic N) is 1. The van der Waals surface area contributed by atoms with E-state index in [9.17, 15) is 19.5 Å². The molecule has 0 bridgehead atoms. The molecular formula is C18H21NO6. The molecule has 0 aromatic carbocycles. The van der Waals surface area contributed by atoms with Crippen molar-refractivity contribution in [3.63, 3.8) is 0 Å². The summed E-state index contributed by atoms with van der Waals surface area (Å²) in [5, 5.41) is 10.5. The molecule has 0 radical (unpaired) electrons. The van der Waals surface area contributed by atoms with Gasteiger partial charge in [0.25, 0.3) is 0 Å². The number of allylic oxidation sites excluding steroid dienone is 1. The molecule has 0 saturated carbocycles. The second-order valence-corrected chi connectivity index (χ2v) is 6.73. The number of rotatable bonds is 0. The minimum absolute atomic E-state index is 0.0626. The first-order valence-corrected chi connectivity index (χ1v) is 8.24. The standard InChI is InChI=1S/C18H21NO6/c1-4-11-7-10(2)18(3,23)17(22)24-9-12-5-6-19-14(20)8-13(15(12)19)25-16(11)21/h4-6,10,13,23H,7-9H2,1-3H3/t10-,13-,18-/m1/s1. The summed E-state index contributed by atoms with van der Waals surface area (Å²) in [5.41, 5.74) is -0.288. The fraction of sp³-hybridized carbons (Fsp3) is 0.500. The molecule has 2 aliphatic heterocycles. The van der Waals surface area contributed by atoms with Crippen molar-refractivity contribution in [1.29, 1.82) is 0 Å². The molecule has 1 N–H and O–H groups in total. The van der Waals surface area contributed by atoms with Gasteiger partial charge in [-0.2, -0.15) is 0 Å². The van der Waals surface area contributed by atoms with Gasteiger partial charge in [-0.25, -0.2) is 9.59 Å². The molecule has 3 atom stereocenters. The fourth-order valence-electron chi connectivity index (χ4n) is 3.18. The minimum Gasteiger partial charge on any atom is -0.459 e. The van der Waals surface area contributed by atoms with Gasteiger partial charge in [0.05, 0.1) is 12.1 Å². The Bertz CT molecular complexity index is 773. The van der Waals surface area contributed by atoms with Crippen LogP contribution in [0.15, 0.2) is 23.9 Å². The highest BCUT2D eigenvalue weighted by atomic mass is 16.6. The molecule has 7 heteroatoms. The molecular weight excluding hydrogens is 326 g/mol. The zero-order valence-electron chi connectivity index (χ0n) is 14.4. The maximum absolute atomic E-state index is 12.5. The van der Waals surface area contributed by atoms with E-state index in [0.29, 0.717) is 16.8 Å². The number of esters is 2. The van der Waals surface area contributed by atoms with Gasteiger partial charge in [-0.05, 0) is 32.3 Å². The number of cyclic esters (lactones) is 1. The summed E-state index contributed by atoms with van der Waals surface area (Å²) in [5.74, 6) is -2.03. The predicted octanol–water partition coefficient (Wildman–Crippen LogP) is 1.90. The van der Waals surface area contributed by atoms with Gasteiger partial charge in [0.2, 0.25) is 5.91 Å². The Morgan fingerprint density at radius 3 is 2.72 bits per heavy atom. The number of carbonyl (C=O) groups is 3. The van der Waals surface area contributed by atoms with E-state index in [2.05, 4.69) is 0 Å². The summed E-state index contributed by atoms with van der Waals surface area (Å²) in [6, 6.07) is 1.65. The van der Waals surface area contributed by atoms with Crippen molar-refractivity contribution in [3.8, 4) is 0 Å². The Labute approximate surface area is 145 Å². The van der Waals surface area contributed by atoms with Crippen molar-refractivity contribution in [2.75, 3.05) is 0 Å². The van der Waals surface area contributed by atoms with E-state index in [1.165, 1.54) is 11.5 Å². The SMILES string of the molecule is CC=C1C[C@@H](C)[C@@](C)(O)C(=O)OCc2ccn3c2[C@@H](CC3=O)OC1=O. The zero-order valence-corrected chi connectivity index (χ0v) is 14.4. The van der Waals surface area contributed by atoms with E-state index in [4.69, 9.17) is 9.47 Å². The van der Waals surface area contributed by atoms with Crippen molar-refractivity contribution in [1.82, 2.24) is 4.57 Å². The molecule has 3 rings (SSSR count). The third-order valence-electron chi connectivity index (χ3n) is 5.06. The monoisotopic (exact) mass is 347 g/mol. The number of ether oxygens (including phenoxy) is 2.